The van der Waals surface area contributed by atoms with E-state index in [-0.39, 0.29) is 5.54 Å². The minimum absolute atomic E-state index is 0.200. The van der Waals surface area contributed by atoms with E-state index in [9.17, 15) is 0 Å². The van der Waals surface area contributed by atoms with Crippen LogP contribution in [-0.2, 0) is 0 Å². The fraction of sp³-hybridized carbons (Fsp3) is 1.00. The molecule has 2 heteroatoms. The quantitative estimate of drug-likeness (QED) is 0.598. The zero-order valence-electron chi connectivity index (χ0n) is 8.09. The van der Waals surface area contributed by atoms with Crippen molar-refractivity contribution in [2.24, 2.45) is 28.9 Å². The van der Waals surface area contributed by atoms with Crippen LogP contribution in [-0.4, -0.2) is 18.6 Å². The maximum atomic E-state index is 6.44. The van der Waals surface area contributed by atoms with Crippen molar-refractivity contribution in [3.05, 3.63) is 0 Å². The van der Waals surface area contributed by atoms with Gasteiger partial charge < -0.3 is 11.1 Å². The van der Waals surface area contributed by atoms with Crippen LogP contribution in [0.4, 0.5) is 0 Å². The van der Waals surface area contributed by atoms with Gasteiger partial charge in [-0.3, -0.25) is 0 Å². The molecule has 2 nitrogen and oxygen atoms in total. The average Bonchev–Trinajstić information content (AvgIpc) is 2.75. The highest BCUT2D eigenvalue weighted by atomic mass is 15.1. The third-order valence-electron chi connectivity index (χ3n) is 5.04. The van der Waals surface area contributed by atoms with Crippen molar-refractivity contribution in [3.8, 4) is 0 Å². The summed E-state index contributed by atoms with van der Waals surface area (Å²) in [7, 11) is 2.07. The summed E-state index contributed by atoms with van der Waals surface area (Å²) >= 11 is 0. The summed E-state index contributed by atoms with van der Waals surface area (Å²) in [6, 6.07) is 0.744. The maximum Gasteiger partial charge on any atom is 0.0290 e. The van der Waals surface area contributed by atoms with Gasteiger partial charge >= 0.3 is 0 Å². The number of nitrogens with two attached hydrogens (primary N) is 1. The van der Waals surface area contributed by atoms with Gasteiger partial charge in [0.05, 0.1) is 0 Å². The number of nitrogens with one attached hydrogen (secondary N) is 1. The van der Waals surface area contributed by atoms with Crippen molar-refractivity contribution in [1.82, 2.24) is 5.32 Å². The van der Waals surface area contributed by atoms with Crippen molar-refractivity contribution in [2.45, 2.75) is 31.8 Å². The van der Waals surface area contributed by atoms with Crippen LogP contribution >= 0.6 is 0 Å². The smallest absolute Gasteiger partial charge is 0.0290 e. The molecule has 3 rings (SSSR count). The Morgan fingerprint density at radius 1 is 1.42 bits per heavy atom. The average molecular weight is 166 g/mol. The molecule has 0 aromatic carbocycles. The van der Waals surface area contributed by atoms with Crippen LogP contribution in [0.1, 0.15) is 20.3 Å². The minimum atomic E-state index is 0.200. The van der Waals surface area contributed by atoms with Gasteiger partial charge in [-0.05, 0) is 36.6 Å². The number of rotatable bonds is 1. The normalized spacial score (nSPS) is 64.0. The second-order valence-electron chi connectivity index (χ2n) is 5.45. The van der Waals surface area contributed by atoms with Crippen molar-refractivity contribution < 1.29 is 0 Å². The van der Waals surface area contributed by atoms with Crippen molar-refractivity contribution in [1.29, 1.82) is 0 Å². The molecule has 3 saturated carbocycles. The van der Waals surface area contributed by atoms with Gasteiger partial charge in [0, 0.05) is 11.6 Å². The Morgan fingerprint density at radius 3 is 2.58 bits per heavy atom. The van der Waals surface area contributed by atoms with Gasteiger partial charge in [-0.25, -0.2) is 0 Å². The summed E-state index contributed by atoms with van der Waals surface area (Å²) in [6.45, 7) is 4.66. The molecule has 3 aliphatic rings. The second-order valence-corrected chi connectivity index (χ2v) is 5.45. The Bertz CT molecular complexity index is 244. The van der Waals surface area contributed by atoms with Crippen LogP contribution in [0.25, 0.3) is 0 Å². The molecular formula is C10H18N2. The number of hydrogen-bond donors (Lipinski definition) is 2. The zero-order chi connectivity index (χ0) is 8.72. The van der Waals surface area contributed by atoms with E-state index in [1.165, 1.54) is 6.42 Å². The molecule has 0 aromatic rings. The lowest BCUT2D eigenvalue weighted by Gasteiger charge is -2.13. The molecule has 3 N–H and O–H groups in total. The summed E-state index contributed by atoms with van der Waals surface area (Å²) in [5.74, 6) is 2.53. The van der Waals surface area contributed by atoms with E-state index in [1.54, 1.807) is 0 Å². The van der Waals surface area contributed by atoms with Crippen LogP contribution in [0, 0.1) is 23.2 Å². The summed E-state index contributed by atoms with van der Waals surface area (Å²) in [5, 5.41) is 3.38. The van der Waals surface area contributed by atoms with Gasteiger partial charge in [-0.1, -0.05) is 13.8 Å². The highest BCUT2D eigenvalue weighted by molar-refractivity contribution is 5.38. The van der Waals surface area contributed by atoms with Gasteiger partial charge in [0.2, 0.25) is 0 Å². The Labute approximate surface area is 73.9 Å². The minimum Gasteiger partial charge on any atom is -0.324 e. The van der Waals surface area contributed by atoms with Gasteiger partial charge in [-0.2, -0.15) is 0 Å². The van der Waals surface area contributed by atoms with Gasteiger partial charge in [0.1, 0.15) is 0 Å². The largest absolute Gasteiger partial charge is 0.324 e. The lowest BCUT2D eigenvalue weighted by atomic mass is 9.98. The summed E-state index contributed by atoms with van der Waals surface area (Å²) in [6.07, 6.45) is 1.37. The Kier molecular flexibility index (Phi) is 0.978. The Morgan fingerprint density at radius 2 is 2.08 bits per heavy atom. The van der Waals surface area contributed by atoms with E-state index >= 15 is 0 Å². The lowest BCUT2D eigenvalue weighted by molar-refractivity contribution is 0.414. The van der Waals surface area contributed by atoms with Crippen molar-refractivity contribution in [2.75, 3.05) is 7.05 Å². The third kappa shape index (κ3) is 0.471. The first-order valence-corrected chi connectivity index (χ1v) is 5.01. The highest BCUT2D eigenvalue weighted by Crippen LogP contribution is 2.79. The second kappa shape index (κ2) is 1.60. The molecule has 0 radical (unpaired) electrons. The molecule has 0 aliphatic heterocycles. The van der Waals surface area contributed by atoms with Gasteiger partial charge in [-0.15, -0.1) is 0 Å². The first-order chi connectivity index (χ1) is 5.55. The van der Waals surface area contributed by atoms with Gasteiger partial charge in [0.25, 0.3) is 0 Å². The zero-order valence-corrected chi connectivity index (χ0v) is 8.09. The molecule has 0 aromatic heterocycles. The first-order valence-electron chi connectivity index (χ1n) is 5.01. The third-order valence-corrected chi connectivity index (χ3v) is 5.04. The molecule has 0 heterocycles. The fourth-order valence-electron chi connectivity index (χ4n) is 4.08. The van der Waals surface area contributed by atoms with E-state index in [1.807, 2.05) is 0 Å². The topological polar surface area (TPSA) is 38.0 Å². The molecule has 3 fully saturated rings. The summed E-state index contributed by atoms with van der Waals surface area (Å²) in [5.41, 5.74) is 7.07. The van der Waals surface area contributed by atoms with Crippen LogP contribution < -0.4 is 11.1 Å². The predicted molar refractivity (Wildman–Crippen MR) is 48.6 cm³/mol. The molecule has 12 heavy (non-hydrogen) atoms. The highest BCUT2D eigenvalue weighted by Gasteiger charge is 2.84. The van der Waals surface area contributed by atoms with E-state index in [4.69, 9.17) is 5.73 Å². The molecule has 0 spiro atoms. The monoisotopic (exact) mass is 166 g/mol. The van der Waals surface area contributed by atoms with E-state index in [0.717, 1.165) is 23.8 Å². The predicted octanol–water partition coefficient (Wildman–Crippen LogP) is 0.578. The molecule has 0 amide bonds. The molecule has 3 aliphatic carbocycles. The van der Waals surface area contributed by atoms with E-state index < -0.39 is 0 Å². The van der Waals surface area contributed by atoms with Crippen molar-refractivity contribution >= 4 is 0 Å². The molecular weight excluding hydrogens is 148 g/mol. The molecule has 0 saturated heterocycles. The molecule has 4 unspecified atom stereocenters. The molecule has 5 atom stereocenters. The molecule has 68 valence electrons. The summed E-state index contributed by atoms with van der Waals surface area (Å²) in [4.78, 5) is 0. The van der Waals surface area contributed by atoms with Crippen LogP contribution in [0.2, 0.25) is 0 Å². The maximum absolute atomic E-state index is 6.44. The van der Waals surface area contributed by atoms with Crippen LogP contribution in [0.15, 0.2) is 0 Å². The fourth-order valence-corrected chi connectivity index (χ4v) is 4.08. The van der Waals surface area contributed by atoms with E-state index in [0.29, 0.717) is 5.41 Å². The Hall–Kier alpha value is -0.0800. The standard InChI is InChI=1S/C10H18N2/c1-9(2)6-4-5-7(8(5)12-3)10(6,9)11/h5-8,12H,4,11H2,1-3H3/t5?,6?,7?,8-,10?/m0/s1. The SMILES string of the molecule is CN[C@H]1C2CC3C(C)(C)C3(N)C21. The molecule has 0 bridgehead atoms. The van der Waals surface area contributed by atoms with Crippen LogP contribution in [0.5, 0.6) is 0 Å². The van der Waals surface area contributed by atoms with E-state index in [2.05, 4.69) is 26.2 Å². The van der Waals surface area contributed by atoms with Crippen molar-refractivity contribution in [3.63, 3.8) is 0 Å². The first kappa shape index (κ1) is 7.34. The number of fused-ring (bicyclic) bond motifs is 3. The van der Waals surface area contributed by atoms with Gasteiger partial charge in [0.15, 0.2) is 0 Å². The number of hydrogen-bond acceptors (Lipinski definition) is 2. The summed E-state index contributed by atoms with van der Waals surface area (Å²) < 4.78 is 0. The Balaban J connectivity index is 1.89. The van der Waals surface area contributed by atoms with Crippen LogP contribution in [0.3, 0.4) is 0 Å². The lowest BCUT2D eigenvalue weighted by Crippen LogP contribution is -2.34.